The largest absolute Gasteiger partial charge is 0.244 e. The smallest absolute Gasteiger partial charge is 0.243 e. The molecule has 0 aliphatic carbocycles. The molecule has 1 fully saturated rings. The molecule has 7 nitrogen and oxygen atoms in total. The average Bonchev–Trinajstić information content (AvgIpc) is 2.37. The second kappa shape index (κ2) is 6.17. The van der Waals surface area contributed by atoms with Crippen molar-refractivity contribution < 1.29 is 16.8 Å². The molecule has 0 radical (unpaired) electrons. The monoisotopic (exact) mass is 353 g/mol. The van der Waals surface area contributed by atoms with Crippen molar-refractivity contribution >= 4 is 31.6 Å². The normalized spacial score (nSPS) is 18.8. The van der Waals surface area contributed by atoms with Crippen LogP contribution in [-0.4, -0.2) is 51.5 Å². The Kier molecular flexibility index (Phi) is 4.89. The van der Waals surface area contributed by atoms with Gasteiger partial charge < -0.3 is 0 Å². The Morgan fingerprint density at radius 3 is 2.43 bits per heavy atom. The van der Waals surface area contributed by atoms with Gasteiger partial charge in [0.05, 0.1) is 11.2 Å². The minimum absolute atomic E-state index is 0.0945. The molecule has 0 atom stereocenters. The summed E-state index contributed by atoms with van der Waals surface area (Å²) in [6, 6.07) is 2.47. The second-order valence-corrected chi connectivity index (χ2v) is 8.99. The molecule has 2 rings (SSSR count). The van der Waals surface area contributed by atoms with Gasteiger partial charge in [-0.3, -0.25) is 0 Å². The van der Waals surface area contributed by atoms with Crippen LogP contribution in [0.5, 0.6) is 0 Å². The first-order chi connectivity index (χ1) is 9.68. The first-order valence-corrected chi connectivity index (χ1v) is 9.98. The molecule has 2 heterocycles. The summed E-state index contributed by atoms with van der Waals surface area (Å²) < 4.78 is 51.0. The Bertz CT molecular complexity index is 713. The standard InChI is InChI=1S/C11H16ClN3O4S2/c1-20(16,17)14-9-3-6-15(7-4-9)21(18,19)10-2-5-13-11(12)8-10/h2,5,8-9,14H,3-4,6-7H2,1H3. The Hall–Kier alpha value is -0.740. The molecule has 1 aliphatic rings. The van der Waals surface area contributed by atoms with Crippen LogP contribution in [0.2, 0.25) is 5.15 Å². The van der Waals surface area contributed by atoms with E-state index in [1.807, 2.05) is 0 Å². The molecule has 1 saturated heterocycles. The molecule has 0 unspecified atom stereocenters. The highest BCUT2D eigenvalue weighted by molar-refractivity contribution is 7.89. The van der Waals surface area contributed by atoms with E-state index in [9.17, 15) is 16.8 Å². The van der Waals surface area contributed by atoms with Crippen molar-refractivity contribution in [2.45, 2.75) is 23.8 Å². The van der Waals surface area contributed by atoms with Crippen molar-refractivity contribution in [3.63, 3.8) is 0 Å². The summed E-state index contributed by atoms with van der Waals surface area (Å²) in [5.74, 6) is 0. The zero-order chi connectivity index (χ0) is 15.7. The summed E-state index contributed by atoms with van der Waals surface area (Å²) in [5.41, 5.74) is 0. The fourth-order valence-corrected chi connectivity index (χ4v) is 4.77. The van der Waals surface area contributed by atoms with E-state index in [1.165, 1.54) is 22.6 Å². The van der Waals surface area contributed by atoms with Crippen LogP contribution in [0.3, 0.4) is 0 Å². The molecule has 1 N–H and O–H groups in total. The summed E-state index contributed by atoms with van der Waals surface area (Å²) >= 11 is 5.71. The van der Waals surface area contributed by atoms with E-state index in [1.54, 1.807) is 0 Å². The van der Waals surface area contributed by atoms with Crippen LogP contribution in [0.25, 0.3) is 0 Å². The molecule has 1 aliphatic heterocycles. The Morgan fingerprint density at radius 1 is 1.29 bits per heavy atom. The highest BCUT2D eigenvalue weighted by Gasteiger charge is 2.30. The van der Waals surface area contributed by atoms with Crippen LogP contribution in [-0.2, 0) is 20.0 Å². The second-order valence-electron chi connectivity index (χ2n) is 4.88. The van der Waals surface area contributed by atoms with E-state index >= 15 is 0 Å². The van der Waals surface area contributed by atoms with Crippen LogP contribution >= 0.6 is 11.6 Å². The highest BCUT2D eigenvalue weighted by Crippen LogP contribution is 2.22. The van der Waals surface area contributed by atoms with E-state index in [0.29, 0.717) is 12.8 Å². The van der Waals surface area contributed by atoms with Crippen LogP contribution in [0.15, 0.2) is 23.2 Å². The third-order valence-corrected chi connectivity index (χ3v) is 6.03. The van der Waals surface area contributed by atoms with Crippen LogP contribution in [0.4, 0.5) is 0 Å². The number of hydrogen-bond acceptors (Lipinski definition) is 5. The van der Waals surface area contributed by atoms with Crippen LogP contribution in [0, 0.1) is 0 Å². The number of rotatable bonds is 4. The number of aromatic nitrogens is 1. The lowest BCUT2D eigenvalue weighted by molar-refractivity contribution is 0.309. The van der Waals surface area contributed by atoms with Gasteiger partial charge in [-0.05, 0) is 25.0 Å². The fraction of sp³-hybridized carbons (Fsp3) is 0.545. The van der Waals surface area contributed by atoms with Gasteiger partial charge in [-0.1, -0.05) is 11.6 Å². The molecule has 1 aromatic rings. The third kappa shape index (κ3) is 4.36. The molecule has 0 amide bonds. The highest BCUT2D eigenvalue weighted by atomic mass is 35.5. The average molecular weight is 354 g/mol. The van der Waals surface area contributed by atoms with Crippen molar-refractivity contribution in [1.82, 2.24) is 14.0 Å². The molecule has 0 aromatic carbocycles. The predicted molar refractivity (Wildman–Crippen MR) is 79.0 cm³/mol. The van der Waals surface area contributed by atoms with Crippen LogP contribution in [0.1, 0.15) is 12.8 Å². The predicted octanol–water partition coefficient (Wildman–Crippen LogP) is 0.437. The number of nitrogens with one attached hydrogen (secondary N) is 1. The van der Waals surface area contributed by atoms with E-state index < -0.39 is 20.0 Å². The molecule has 0 saturated carbocycles. The number of halogens is 1. The van der Waals surface area contributed by atoms with Gasteiger partial charge in [0.15, 0.2) is 0 Å². The summed E-state index contributed by atoms with van der Waals surface area (Å²) in [7, 11) is -6.90. The van der Waals surface area contributed by atoms with Crippen molar-refractivity contribution in [3.8, 4) is 0 Å². The van der Waals surface area contributed by atoms with Gasteiger partial charge in [-0.25, -0.2) is 26.5 Å². The van der Waals surface area contributed by atoms with Crippen molar-refractivity contribution in [2.24, 2.45) is 0 Å². The molecule has 0 bridgehead atoms. The van der Waals surface area contributed by atoms with Crippen molar-refractivity contribution in [1.29, 1.82) is 0 Å². The van der Waals surface area contributed by atoms with E-state index in [2.05, 4.69) is 9.71 Å². The summed E-state index contributed by atoms with van der Waals surface area (Å²) in [5, 5.41) is 0.115. The number of nitrogens with zero attached hydrogens (tertiary/aromatic N) is 2. The molecule has 118 valence electrons. The van der Waals surface area contributed by atoms with E-state index in [-0.39, 0.29) is 29.2 Å². The van der Waals surface area contributed by atoms with Crippen molar-refractivity contribution in [2.75, 3.05) is 19.3 Å². The third-order valence-electron chi connectivity index (χ3n) is 3.17. The summed E-state index contributed by atoms with van der Waals surface area (Å²) in [6.07, 6.45) is 3.30. The quantitative estimate of drug-likeness (QED) is 0.792. The van der Waals surface area contributed by atoms with Crippen LogP contribution < -0.4 is 4.72 Å². The van der Waals surface area contributed by atoms with Gasteiger partial charge in [0.25, 0.3) is 0 Å². The molecule has 21 heavy (non-hydrogen) atoms. The van der Waals surface area contributed by atoms with Gasteiger partial charge >= 0.3 is 0 Å². The SMILES string of the molecule is CS(=O)(=O)NC1CCN(S(=O)(=O)c2ccnc(Cl)c2)CC1. The van der Waals surface area contributed by atoms with Gasteiger partial charge in [-0.15, -0.1) is 0 Å². The topological polar surface area (TPSA) is 96.4 Å². The summed E-state index contributed by atoms with van der Waals surface area (Å²) in [6.45, 7) is 0.519. The Morgan fingerprint density at radius 2 is 1.90 bits per heavy atom. The first-order valence-electron chi connectivity index (χ1n) is 6.27. The molecule has 10 heteroatoms. The zero-order valence-corrected chi connectivity index (χ0v) is 13.7. The minimum Gasteiger partial charge on any atom is -0.244 e. The maximum Gasteiger partial charge on any atom is 0.243 e. The van der Waals surface area contributed by atoms with Crippen molar-refractivity contribution in [3.05, 3.63) is 23.5 Å². The molecular weight excluding hydrogens is 338 g/mol. The first kappa shape index (κ1) is 16.6. The van der Waals surface area contributed by atoms with Gasteiger partial charge in [0.2, 0.25) is 20.0 Å². The maximum absolute atomic E-state index is 12.4. The van der Waals surface area contributed by atoms with Gasteiger partial charge in [0, 0.05) is 25.3 Å². The number of pyridine rings is 1. The van der Waals surface area contributed by atoms with E-state index in [4.69, 9.17) is 11.6 Å². The molecule has 1 aromatic heterocycles. The minimum atomic E-state index is -3.62. The van der Waals surface area contributed by atoms with Gasteiger partial charge in [0.1, 0.15) is 5.15 Å². The number of sulfonamides is 2. The lowest BCUT2D eigenvalue weighted by atomic mass is 10.1. The maximum atomic E-state index is 12.4. The number of piperidine rings is 1. The number of hydrogen-bond donors (Lipinski definition) is 1. The Labute approximate surface area is 129 Å². The lowest BCUT2D eigenvalue weighted by Crippen LogP contribution is -2.46. The zero-order valence-electron chi connectivity index (χ0n) is 11.4. The Balaban J connectivity index is 2.08. The molecular formula is C11H16ClN3O4S2. The van der Waals surface area contributed by atoms with Gasteiger partial charge in [-0.2, -0.15) is 4.31 Å². The fourth-order valence-electron chi connectivity index (χ4n) is 2.21. The molecule has 0 spiro atoms. The lowest BCUT2D eigenvalue weighted by Gasteiger charge is -2.31. The summed E-state index contributed by atoms with van der Waals surface area (Å²) in [4.78, 5) is 3.85. The van der Waals surface area contributed by atoms with E-state index in [0.717, 1.165) is 6.26 Å².